The van der Waals surface area contributed by atoms with E-state index in [1.807, 2.05) is 6.92 Å². The lowest BCUT2D eigenvalue weighted by Crippen LogP contribution is -2.65. The van der Waals surface area contributed by atoms with Crippen LogP contribution in [0.4, 0.5) is 0 Å². The Bertz CT molecular complexity index is 224. The fourth-order valence-electron chi connectivity index (χ4n) is 3.00. The molecule has 2 rings (SSSR count). The van der Waals surface area contributed by atoms with Crippen LogP contribution in [0.15, 0.2) is 0 Å². The van der Waals surface area contributed by atoms with E-state index in [1.165, 1.54) is 0 Å². The van der Waals surface area contributed by atoms with Crippen LogP contribution in [0.3, 0.4) is 0 Å². The summed E-state index contributed by atoms with van der Waals surface area (Å²) in [6.45, 7) is 2.02. The minimum absolute atomic E-state index is 0.298. The molecule has 0 spiro atoms. The standard InChI is InChI=1S/C10H16O2/c1-2-9-5-3-4-6-10(9,12)7-8(9)11/h12H,2-7H2,1H3. The zero-order chi connectivity index (χ0) is 8.82. The second-order valence-corrected chi connectivity index (χ2v) is 4.27. The largest absolute Gasteiger partial charge is 0.388 e. The number of Topliss-reactive ketones (excluding diaryl/α,β-unsaturated/α-hetero) is 1. The fourth-order valence-corrected chi connectivity index (χ4v) is 3.00. The van der Waals surface area contributed by atoms with Crippen molar-refractivity contribution in [1.82, 2.24) is 0 Å². The minimum Gasteiger partial charge on any atom is -0.388 e. The monoisotopic (exact) mass is 168 g/mol. The number of rotatable bonds is 1. The van der Waals surface area contributed by atoms with Crippen LogP contribution in [0.5, 0.6) is 0 Å². The molecular weight excluding hydrogens is 152 g/mol. The van der Waals surface area contributed by atoms with E-state index in [4.69, 9.17) is 0 Å². The molecule has 12 heavy (non-hydrogen) atoms. The van der Waals surface area contributed by atoms with E-state index in [1.54, 1.807) is 0 Å². The molecule has 0 bridgehead atoms. The van der Waals surface area contributed by atoms with Crippen LogP contribution < -0.4 is 0 Å². The third-order valence-corrected chi connectivity index (χ3v) is 3.93. The molecule has 0 aliphatic heterocycles. The second kappa shape index (κ2) is 2.32. The molecule has 2 nitrogen and oxygen atoms in total. The van der Waals surface area contributed by atoms with Crippen LogP contribution in [0.2, 0.25) is 0 Å². The third-order valence-electron chi connectivity index (χ3n) is 3.93. The fraction of sp³-hybridized carbons (Fsp3) is 0.900. The number of carbonyl (C=O) groups excluding carboxylic acids is 1. The summed E-state index contributed by atoms with van der Waals surface area (Å²) >= 11 is 0. The van der Waals surface area contributed by atoms with Gasteiger partial charge in [-0.1, -0.05) is 19.8 Å². The van der Waals surface area contributed by atoms with E-state index in [0.717, 1.165) is 32.1 Å². The average Bonchev–Trinajstić information content (AvgIpc) is 2.03. The molecule has 0 radical (unpaired) electrons. The van der Waals surface area contributed by atoms with Gasteiger partial charge in [-0.05, 0) is 19.3 Å². The highest BCUT2D eigenvalue weighted by molar-refractivity contribution is 5.94. The van der Waals surface area contributed by atoms with Gasteiger partial charge in [0.05, 0.1) is 11.0 Å². The molecule has 68 valence electrons. The van der Waals surface area contributed by atoms with Crippen molar-refractivity contribution in [2.75, 3.05) is 0 Å². The smallest absolute Gasteiger partial charge is 0.144 e. The number of fused-ring (bicyclic) bond motifs is 1. The predicted molar refractivity (Wildman–Crippen MR) is 45.8 cm³/mol. The highest BCUT2D eigenvalue weighted by Gasteiger charge is 2.64. The normalized spacial score (nSPS) is 46.7. The van der Waals surface area contributed by atoms with Gasteiger partial charge in [0.2, 0.25) is 0 Å². The quantitative estimate of drug-likeness (QED) is 0.646. The Hall–Kier alpha value is -0.370. The number of carbonyl (C=O) groups is 1. The van der Waals surface area contributed by atoms with Crippen LogP contribution >= 0.6 is 0 Å². The van der Waals surface area contributed by atoms with Gasteiger partial charge in [-0.2, -0.15) is 0 Å². The van der Waals surface area contributed by atoms with Crippen molar-refractivity contribution in [3.8, 4) is 0 Å². The lowest BCUT2D eigenvalue weighted by molar-refractivity contribution is -0.196. The van der Waals surface area contributed by atoms with E-state index in [2.05, 4.69) is 0 Å². The van der Waals surface area contributed by atoms with Crippen molar-refractivity contribution in [3.63, 3.8) is 0 Å². The zero-order valence-electron chi connectivity index (χ0n) is 7.60. The summed E-state index contributed by atoms with van der Waals surface area (Å²) in [4.78, 5) is 11.5. The highest BCUT2D eigenvalue weighted by atomic mass is 16.3. The first-order valence-electron chi connectivity index (χ1n) is 4.90. The molecule has 2 aliphatic carbocycles. The molecule has 0 aromatic carbocycles. The molecule has 2 unspecified atom stereocenters. The summed E-state index contributed by atoms with van der Waals surface area (Å²) in [6.07, 6.45) is 5.20. The van der Waals surface area contributed by atoms with Gasteiger partial charge < -0.3 is 5.11 Å². The molecule has 2 atom stereocenters. The first kappa shape index (κ1) is 8.24. The molecule has 2 heteroatoms. The highest BCUT2D eigenvalue weighted by Crippen LogP contribution is 2.57. The van der Waals surface area contributed by atoms with Crippen LogP contribution in [0, 0.1) is 5.41 Å². The lowest BCUT2D eigenvalue weighted by atomic mass is 9.48. The summed E-state index contributed by atoms with van der Waals surface area (Å²) in [5.74, 6) is 0.298. The first-order valence-corrected chi connectivity index (χ1v) is 4.90. The Balaban J connectivity index is 2.28. The van der Waals surface area contributed by atoms with Gasteiger partial charge in [-0.3, -0.25) is 4.79 Å². The van der Waals surface area contributed by atoms with Crippen molar-refractivity contribution < 1.29 is 9.90 Å². The topological polar surface area (TPSA) is 37.3 Å². The Kier molecular flexibility index (Phi) is 1.59. The molecule has 2 saturated carbocycles. The number of hydrogen-bond donors (Lipinski definition) is 1. The third kappa shape index (κ3) is 0.717. The Morgan fingerprint density at radius 3 is 2.50 bits per heavy atom. The van der Waals surface area contributed by atoms with Crippen LogP contribution in [0.25, 0.3) is 0 Å². The molecular formula is C10H16O2. The maximum Gasteiger partial charge on any atom is 0.144 e. The zero-order valence-corrected chi connectivity index (χ0v) is 7.60. The van der Waals surface area contributed by atoms with Gasteiger partial charge in [-0.15, -0.1) is 0 Å². The van der Waals surface area contributed by atoms with Crippen LogP contribution in [-0.4, -0.2) is 16.5 Å². The summed E-state index contributed by atoms with van der Waals surface area (Å²) in [7, 11) is 0. The number of hydrogen-bond acceptors (Lipinski definition) is 2. The maximum atomic E-state index is 11.5. The molecule has 2 fully saturated rings. The van der Waals surface area contributed by atoms with Crippen molar-refractivity contribution in [1.29, 1.82) is 0 Å². The Labute approximate surface area is 73.0 Å². The summed E-state index contributed by atoms with van der Waals surface area (Å²) in [5, 5.41) is 10.1. The lowest BCUT2D eigenvalue weighted by Gasteiger charge is -2.57. The summed E-state index contributed by atoms with van der Waals surface area (Å²) in [6, 6.07) is 0. The van der Waals surface area contributed by atoms with Gasteiger partial charge in [0.25, 0.3) is 0 Å². The minimum atomic E-state index is -0.614. The molecule has 1 N–H and O–H groups in total. The number of aliphatic hydroxyl groups is 1. The second-order valence-electron chi connectivity index (χ2n) is 4.27. The van der Waals surface area contributed by atoms with Crippen LogP contribution in [0.1, 0.15) is 45.4 Å². The first-order chi connectivity index (χ1) is 5.65. The average molecular weight is 168 g/mol. The van der Waals surface area contributed by atoms with Crippen molar-refractivity contribution >= 4 is 5.78 Å². The maximum absolute atomic E-state index is 11.5. The molecule has 0 aromatic heterocycles. The van der Waals surface area contributed by atoms with Crippen molar-refractivity contribution in [2.24, 2.45) is 5.41 Å². The van der Waals surface area contributed by atoms with Gasteiger partial charge in [0.15, 0.2) is 0 Å². The van der Waals surface area contributed by atoms with E-state index < -0.39 is 5.60 Å². The SMILES string of the molecule is CCC12CCCCC1(O)CC2=O. The molecule has 0 heterocycles. The summed E-state index contributed by atoms with van der Waals surface area (Å²) in [5.41, 5.74) is -0.942. The molecule has 0 aromatic rings. The van der Waals surface area contributed by atoms with E-state index >= 15 is 0 Å². The van der Waals surface area contributed by atoms with Gasteiger partial charge in [-0.25, -0.2) is 0 Å². The Morgan fingerprint density at radius 2 is 2.08 bits per heavy atom. The van der Waals surface area contributed by atoms with Crippen molar-refractivity contribution in [2.45, 2.75) is 51.0 Å². The van der Waals surface area contributed by atoms with E-state index in [-0.39, 0.29) is 5.41 Å². The van der Waals surface area contributed by atoms with E-state index in [0.29, 0.717) is 12.2 Å². The summed E-state index contributed by atoms with van der Waals surface area (Å²) < 4.78 is 0. The molecule has 0 amide bonds. The van der Waals surface area contributed by atoms with Gasteiger partial charge in [0, 0.05) is 6.42 Å². The predicted octanol–water partition coefficient (Wildman–Crippen LogP) is 1.66. The van der Waals surface area contributed by atoms with E-state index in [9.17, 15) is 9.90 Å². The van der Waals surface area contributed by atoms with Gasteiger partial charge in [0.1, 0.15) is 5.78 Å². The number of ketones is 1. The van der Waals surface area contributed by atoms with Crippen LogP contribution in [-0.2, 0) is 4.79 Å². The van der Waals surface area contributed by atoms with Gasteiger partial charge >= 0.3 is 0 Å². The Morgan fingerprint density at radius 1 is 1.42 bits per heavy atom. The molecule has 2 aliphatic rings. The molecule has 0 saturated heterocycles. The van der Waals surface area contributed by atoms with Crippen molar-refractivity contribution in [3.05, 3.63) is 0 Å².